The molecule has 0 aliphatic rings. The van der Waals surface area contributed by atoms with Crippen molar-refractivity contribution in [3.05, 3.63) is 85.8 Å². The number of nitrogens with zero attached hydrogens (tertiary/aromatic N) is 3. The number of imidazole rings is 1. The van der Waals surface area contributed by atoms with Crippen LogP contribution in [0.15, 0.2) is 54.2 Å². The van der Waals surface area contributed by atoms with Crippen LogP contribution in [0.4, 0.5) is 0 Å². The molecular formula is C20H17Cl4N3O. The van der Waals surface area contributed by atoms with Crippen LogP contribution >= 0.6 is 46.4 Å². The van der Waals surface area contributed by atoms with Crippen molar-refractivity contribution in [2.45, 2.75) is 26.5 Å². The number of hydrogen-bond donors (Lipinski definition) is 0. The molecule has 0 spiro atoms. The van der Waals surface area contributed by atoms with Crippen LogP contribution in [0.25, 0.3) is 0 Å². The molecule has 0 saturated carbocycles. The van der Waals surface area contributed by atoms with E-state index < -0.39 is 0 Å². The molecule has 0 saturated heterocycles. The first kappa shape index (κ1) is 21.0. The van der Waals surface area contributed by atoms with Crippen molar-refractivity contribution in [1.82, 2.24) is 9.55 Å². The van der Waals surface area contributed by atoms with Gasteiger partial charge in [0.2, 0.25) is 0 Å². The van der Waals surface area contributed by atoms with Crippen molar-refractivity contribution >= 4 is 52.1 Å². The van der Waals surface area contributed by atoms with E-state index in [-0.39, 0.29) is 6.10 Å². The Kier molecular flexibility index (Phi) is 6.89. The molecule has 3 rings (SSSR count). The zero-order chi connectivity index (χ0) is 20.3. The first-order valence-corrected chi connectivity index (χ1v) is 9.95. The first-order valence-electron chi connectivity index (χ1n) is 8.44. The van der Waals surface area contributed by atoms with Gasteiger partial charge in [0.25, 0.3) is 0 Å². The van der Waals surface area contributed by atoms with E-state index in [1.165, 1.54) is 0 Å². The van der Waals surface area contributed by atoms with Crippen LogP contribution in [0.1, 0.15) is 29.7 Å². The molecule has 146 valence electrons. The standard InChI is InChI=1S/C20H17Cl4N3O/c1-12-17(22)7-14(8-18(12)23)13(2)28-26-20(10-27-6-5-25-11-27)16-4-3-15(21)9-19(16)24/h3-9,11,13H,10H2,1-2H3/t13-/m1/s1. The molecule has 3 aromatic rings. The summed E-state index contributed by atoms with van der Waals surface area (Å²) in [6.45, 7) is 4.17. The van der Waals surface area contributed by atoms with Crippen molar-refractivity contribution in [3.63, 3.8) is 0 Å². The number of hydrogen-bond acceptors (Lipinski definition) is 3. The lowest BCUT2D eigenvalue weighted by Crippen LogP contribution is -2.12. The molecule has 4 nitrogen and oxygen atoms in total. The summed E-state index contributed by atoms with van der Waals surface area (Å²) in [7, 11) is 0. The van der Waals surface area contributed by atoms with E-state index >= 15 is 0 Å². The number of halogens is 4. The molecule has 0 amide bonds. The van der Waals surface area contributed by atoms with Crippen LogP contribution in [-0.4, -0.2) is 15.3 Å². The van der Waals surface area contributed by atoms with Crippen LogP contribution in [0.2, 0.25) is 20.1 Å². The molecule has 2 aromatic carbocycles. The van der Waals surface area contributed by atoms with E-state index in [4.69, 9.17) is 51.2 Å². The van der Waals surface area contributed by atoms with Gasteiger partial charge in [-0.05, 0) is 55.3 Å². The predicted octanol–water partition coefficient (Wildman–Crippen LogP) is 6.99. The summed E-state index contributed by atoms with van der Waals surface area (Å²) in [6.07, 6.45) is 4.87. The van der Waals surface area contributed by atoms with E-state index in [2.05, 4.69) is 10.1 Å². The van der Waals surface area contributed by atoms with E-state index in [1.54, 1.807) is 24.7 Å². The highest BCUT2D eigenvalue weighted by Crippen LogP contribution is 2.30. The van der Waals surface area contributed by atoms with Crippen LogP contribution < -0.4 is 0 Å². The maximum atomic E-state index is 6.38. The molecule has 28 heavy (non-hydrogen) atoms. The third-order valence-electron chi connectivity index (χ3n) is 4.23. The minimum atomic E-state index is -0.362. The fourth-order valence-corrected chi connectivity index (χ4v) is 3.56. The van der Waals surface area contributed by atoms with Crippen molar-refractivity contribution < 1.29 is 4.84 Å². The van der Waals surface area contributed by atoms with Gasteiger partial charge in [0.05, 0.1) is 17.9 Å². The minimum absolute atomic E-state index is 0.362. The van der Waals surface area contributed by atoms with Gasteiger partial charge in [-0.3, -0.25) is 0 Å². The van der Waals surface area contributed by atoms with Gasteiger partial charge in [0, 0.05) is 33.0 Å². The van der Waals surface area contributed by atoms with Crippen molar-refractivity contribution in [3.8, 4) is 0 Å². The quantitative estimate of drug-likeness (QED) is 0.296. The molecule has 1 atom stereocenters. The molecule has 1 aromatic heterocycles. The largest absolute Gasteiger partial charge is 0.388 e. The number of rotatable bonds is 6. The van der Waals surface area contributed by atoms with Gasteiger partial charge in [-0.25, -0.2) is 4.98 Å². The topological polar surface area (TPSA) is 39.4 Å². The fourth-order valence-electron chi connectivity index (χ4n) is 2.54. The smallest absolute Gasteiger partial charge is 0.149 e. The summed E-state index contributed by atoms with van der Waals surface area (Å²) < 4.78 is 1.87. The molecule has 0 unspecified atom stereocenters. The van der Waals surface area contributed by atoms with Gasteiger partial charge < -0.3 is 9.40 Å². The monoisotopic (exact) mass is 455 g/mol. The molecule has 1 heterocycles. The molecular weight excluding hydrogens is 440 g/mol. The number of benzene rings is 2. The third kappa shape index (κ3) is 5.00. The molecule has 0 radical (unpaired) electrons. The molecule has 8 heteroatoms. The normalized spacial score (nSPS) is 12.9. The van der Waals surface area contributed by atoms with Crippen molar-refractivity contribution in [2.24, 2.45) is 5.16 Å². The van der Waals surface area contributed by atoms with Crippen LogP contribution in [0.5, 0.6) is 0 Å². The van der Waals surface area contributed by atoms with Gasteiger partial charge in [0.15, 0.2) is 0 Å². The van der Waals surface area contributed by atoms with Gasteiger partial charge >= 0.3 is 0 Å². The average Bonchev–Trinajstić information content (AvgIpc) is 3.16. The summed E-state index contributed by atoms with van der Waals surface area (Å²) in [5.74, 6) is 0. The van der Waals surface area contributed by atoms with Gasteiger partial charge in [-0.15, -0.1) is 0 Å². The average molecular weight is 457 g/mol. The lowest BCUT2D eigenvalue weighted by molar-refractivity contribution is 0.0718. The summed E-state index contributed by atoms with van der Waals surface area (Å²) in [4.78, 5) is 9.83. The second-order valence-electron chi connectivity index (χ2n) is 6.25. The Bertz CT molecular complexity index is 980. The SMILES string of the molecule is Cc1c(Cl)cc([C@@H](C)ON=C(Cn2ccnc2)c2ccc(Cl)cc2Cl)cc1Cl. The van der Waals surface area contributed by atoms with E-state index in [1.807, 2.05) is 42.8 Å². The summed E-state index contributed by atoms with van der Waals surface area (Å²) in [5, 5.41) is 6.58. The van der Waals surface area contributed by atoms with Crippen LogP contribution in [0, 0.1) is 6.92 Å². The first-order chi connectivity index (χ1) is 13.3. The number of aromatic nitrogens is 2. The molecule has 0 aliphatic carbocycles. The molecule has 0 fully saturated rings. The Hall–Kier alpha value is -1.72. The maximum absolute atomic E-state index is 6.38. The van der Waals surface area contributed by atoms with Crippen molar-refractivity contribution in [2.75, 3.05) is 0 Å². The number of oxime groups is 1. The maximum Gasteiger partial charge on any atom is 0.149 e. The highest BCUT2D eigenvalue weighted by molar-refractivity contribution is 6.37. The Morgan fingerprint density at radius 3 is 2.43 bits per heavy atom. The second-order valence-corrected chi connectivity index (χ2v) is 7.91. The molecule has 0 N–H and O–H groups in total. The summed E-state index contributed by atoms with van der Waals surface area (Å²) in [5.41, 5.74) is 3.02. The van der Waals surface area contributed by atoms with E-state index in [0.29, 0.717) is 32.3 Å². The van der Waals surface area contributed by atoms with Gasteiger partial charge in [0.1, 0.15) is 11.8 Å². The zero-order valence-corrected chi connectivity index (χ0v) is 18.2. The van der Waals surface area contributed by atoms with Gasteiger partial charge in [-0.1, -0.05) is 51.6 Å². The lowest BCUT2D eigenvalue weighted by atomic mass is 10.1. The summed E-state index contributed by atoms with van der Waals surface area (Å²) in [6, 6.07) is 8.90. The fraction of sp³-hybridized carbons (Fsp3) is 0.200. The third-order valence-corrected chi connectivity index (χ3v) is 5.56. The lowest BCUT2D eigenvalue weighted by Gasteiger charge is -2.15. The second kappa shape index (κ2) is 9.19. The Labute approximate surface area is 183 Å². The van der Waals surface area contributed by atoms with E-state index in [0.717, 1.165) is 16.7 Å². The van der Waals surface area contributed by atoms with Crippen LogP contribution in [0.3, 0.4) is 0 Å². The zero-order valence-electron chi connectivity index (χ0n) is 15.2. The highest BCUT2D eigenvalue weighted by Gasteiger charge is 2.14. The Morgan fingerprint density at radius 1 is 1.11 bits per heavy atom. The summed E-state index contributed by atoms with van der Waals surface area (Å²) >= 11 is 24.9. The van der Waals surface area contributed by atoms with E-state index in [9.17, 15) is 0 Å². The van der Waals surface area contributed by atoms with Crippen molar-refractivity contribution in [1.29, 1.82) is 0 Å². The molecule has 0 bridgehead atoms. The Balaban J connectivity index is 1.90. The van der Waals surface area contributed by atoms with Gasteiger partial charge in [-0.2, -0.15) is 0 Å². The Morgan fingerprint density at radius 2 is 1.82 bits per heavy atom. The predicted molar refractivity (Wildman–Crippen MR) is 116 cm³/mol. The van der Waals surface area contributed by atoms with Crippen LogP contribution in [-0.2, 0) is 11.4 Å². The minimum Gasteiger partial charge on any atom is -0.388 e. The highest BCUT2D eigenvalue weighted by atomic mass is 35.5. The molecule has 0 aliphatic heterocycles.